The molecule has 0 radical (unpaired) electrons. The highest BCUT2D eigenvalue weighted by Gasteiger charge is 2.24. The number of rotatable bonds is 3. The van der Waals surface area contributed by atoms with Gasteiger partial charge in [0, 0.05) is 19.3 Å². The van der Waals surface area contributed by atoms with Gasteiger partial charge >= 0.3 is 0 Å². The van der Waals surface area contributed by atoms with Crippen LogP contribution in [-0.2, 0) is 4.74 Å². The first-order valence-electron chi connectivity index (χ1n) is 6.16. The Morgan fingerprint density at radius 2 is 2.35 bits per heavy atom. The highest BCUT2D eigenvalue weighted by atomic mass is 16.5. The number of aromatic nitrogens is 2. The van der Waals surface area contributed by atoms with Crippen molar-refractivity contribution in [3.05, 3.63) is 12.3 Å². The summed E-state index contributed by atoms with van der Waals surface area (Å²) in [4.78, 5) is 11.0. The van der Waals surface area contributed by atoms with Crippen molar-refractivity contribution < 1.29 is 4.74 Å². The van der Waals surface area contributed by atoms with E-state index in [1.165, 1.54) is 0 Å². The first-order valence-corrected chi connectivity index (χ1v) is 6.16. The second-order valence-corrected chi connectivity index (χ2v) is 4.41. The van der Waals surface area contributed by atoms with E-state index in [0.717, 1.165) is 25.5 Å². The fourth-order valence-corrected chi connectivity index (χ4v) is 1.97. The summed E-state index contributed by atoms with van der Waals surface area (Å²) >= 11 is 0. The van der Waals surface area contributed by atoms with Crippen molar-refractivity contribution >= 4 is 11.8 Å². The van der Waals surface area contributed by atoms with E-state index >= 15 is 0 Å². The molecule has 1 N–H and O–H groups in total. The number of nitrogens with one attached hydrogen (secondary N) is 1. The monoisotopic (exact) mass is 236 g/mol. The molecule has 2 rings (SSSR count). The Morgan fingerprint density at radius 3 is 3.12 bits per heavy atom. The summed E-state index contributed by atoms with van der Waals surface area (Å²) in [5.74, 6) is 1.66. The summed E-state index contributed by atoms with van der Waals surface area (Å²) in [5, 5.41) is 3.13. The smallest absolute Gasteiger partial charge is 0.224 e. The predicted molar refractivity (Wildman–Crippen MR) is 68.4 cm³/mol. The SMILES string of the molecule is CCNc1nccc(N2CC(C)OCC2C)n1. The van der Waals surface area contributed by atoms with E-state index in [0.29, 0.717) is 12.0 Å². The lowest BCUT2D eigenvalue weighted by molar-refractivity contribution is 0.0340. The molecule has 0 spiro atoms. The minimum atomic E-state index is 0.253. The van der Waals surface area contributed by atoms with Crippen molar-refractivity contribution in [2.45, 2.75) is 32.9 Å². The highest BCUT2D eigenvalue weighted by Crippen LogP contribution is 2.20. The molecule has 2 heterocycles. The van der Waals surface area contributed by atoms with Gasteiger partial charge in [-0.15, -0.1) is 0 Å². The maximum absolute atomic E-state index is 5.62. The van der Waals surface area contributed by atoms with E-state index in [1.54, 1.807) is 6.20 Å². The molecule has 5 heteroatoms. The van der Waals surface area contributed by atoms with Gasteiger partial charge in [0.05, 0.1) is 18.8 Å². The standard InChI is InChI=1S/C12H20N4O/c1-4-13-12-14-6-5-11(15-12)16-7-10(3)17-8-9(16)2/h5-6,9-10H,4,7-8H2,1-3H3,(H,13,14,15). The summed E-state index contributed by atoms with van der Waals surface area (Å²) in [6, 6.07) is 2.31. The van der Waals surface area contributed by atoms with Crippen molar-refractivity contribution in [1.29, 1.82) is 0 Å². The second kappa shape index (κ2) is 5.31. The van der Waals surface area contributed by atoms with Crippen molar-refractivity contribution in [2.24, 2.45) is 0 Å². The molecule has 1 fully saturated rings. The molecule has 5 nitrogen and oxygen atoms in total. The second-order valence-electron chi connectivity index (χ2n) is 4.41. The molecule has 17 heavy (non-hydrogen) atoms. The Labute approximate surface area is 102 Å². The van der Waals surface area contributed by atoms with Gasteiger partial charge in [-0.3, -0.25) is 0 Å². The third-order valence-electron chi connectivity index (χ3n) is 2.88. The van der Waals surface area contributed by atoms with Crippen LogP contribution in [0.1, 0.15) is 20.8 Å². The largest absolute Gasteiger partial charge is 0.375 e. The minimum Gasteiger partial charge on any atom is -0.375 e. The van der Waals surface area contributed by atoms with Gasteiger partial charge in [-0.2, -0.15) is 4.98 Å². The van der Waals surface area contributed by atoms with Gasteiger partial charge < -0.3 is 15.0 Å². The van der Waals surface area contributed by atoms with Gasteiger partial charge in [-0.25, -0.2) is 4.98 Å². The van der Waals surface area contributed by atoms with Crippen molar-refractivity contribution in [3.63, 3.8) is 0 Å². The number of morpholine rings is 1. The van der Waals surface area contributed by atoms with Crippen molar-refractivity contribution in [3.8, 4) is 0 Å². The Balaban J connectivity index is 2.16. The Kier molecular flexibility index (Phi) is 3.78. The quantitative estimate of drug-likeness (QED) is 0.862. The number of nitrogens with zero attached hydrogens (tertiary/aromatic N) is 3. The van der Waals surface area contributed by atoms with E-state index in [4.69, 9.17) is 4.74 Å². The lowest BCUT2D eigenvalue weighted by atomic mass is 10.2. The molecule has 94 valence electrons. The molecule has 0 aliphatic carbocycles. The predicted octanol–water partition coefficient (Wildman–Crippen LogP) is 1.52. The lowest BCUT2D eigenvalue weighted by Gasteiger charge is -2.37. The van der Waals surface area contributed by atoms with Gasteiger partial charge in [0.15, 0.2) is 0 Å². The molecule has 2 unspecified atom stereocenters. The fraction of sp³-hybridized carbons (Fsp3) is 0.667. The van der Waals surface area contributed by atoms with E-state index in [2.05, 4.69) is 34.0 Å². The molecule has 1 saturated heterocycles. The molecule has 0 saturated carbocycles. The number of anilines is 2. The van der Waals surface area contributed by atoms with Crippen LogP contribution >= 0.6 is 0 Å². The summed E-state index contributed by atoms with van der Waals surface area (Å²) in [6.07, 6.45) is 2.05. The molecule has 0 aromatic carbocycles. The van der Waals surface area contributed by atoms with Crippen LogP contribution < -0.4 is 10.2 Å². The van der Waals surface area contributed by atoms with Crippen LogP contribution in [0.2, 0.25) is 0 Å². The zero-order valence-corrected chi connectivity index (χ0v) is 10.7. The summed E-state index contributed by atoms with van der Waals surface area (Å²) in [5.41, 5.74) is 0. The van der Waals surface area contributed by atoms with Crippen molar-refractivity contribution in [2.75, 3.05) is 29.9 Å². The topological polar surface area (TPSA) is 50.3 Å². The fourth-order valence-electron chi connectivity index (χ4n) is 1.97. The number of ether oxygens (including phenoxy) is 1. The zero-order chi connectivity index (χ0) is 12.3. The summed E-state index contributed by atoms with van der Waals surface area (Å²) in [6.45, 7) is 8.74. The average Bonchev–Trinajstić information content (AvgIpc) is 2.33. The Bertz CT molecular complexity index is 371. The van der Waals surface area contributed by atoms with Crippen LogP contribution in [0.3, 0.4) is 0 Å². The maximum Gasteiger partial charge on any atom is 0.224 e. The first kappa shape index (κ1) is 12.1. The third kappa shape index (κ3) is 2.85. The minimum absolute atomic E-state index is 0.253. The van der Waals surface area contributed by atoms with E-state index < -0.39 is 0 Å². The van der Waals surface area contributed by atoms with E-state index in [-0.39, 0.29) is 6.10 Å². The van der Waals surface area contributed by atoms with Gasteiger partial charge in [0.1, 0.15) is 5.82 Å². The molecule has 0 bridgehead atoms. The first-order chi connectivity index (χ1) is 8.20. The van der Waals surface area contributed by atoms with E-state index in [9.17, 15) is 0 Å². The van der Waals surface area contributed by atoms with Gasteiger partial charge in [-0.05, 0) is 26.8 Å². The van der Waals surface area contributed by atoms with E-state index in [1.807, 2.05) is 13.0 Å². The normalized spacial score (nSPS) is 24.8. The Hall–Kier alpha value is -1.36. The average molecular weight is 236 g/mol. The van der Waals surface area contributed by atoms with Crippen LogP contribution in [0.5, 0.6) is 0 Å². The Morgan fingerprint density at radius 1 is 1.53 bits per heavy atom. The van der Waals surface area contributed by atoms with Gasteiger partial charge in [0.25, 0.3) is 0 Å². The van der Waals surface area contributed by atoms with Crippen molar-refractivity contribution in [1.82, 2.24) is 9.97 Å². The van der Waals surface area contributed by atoms with Crippen LogP contribution in [0.4, 0.5) is 11.8 Å². The summed E-state index contributed by atoms with van der Waals surface area (Å²) in [7, 11) is 0. The van der Waals surface area contributed by atoms with Crippen LogP contribution in [0, 0.1) is 0 Å². The van der Waals surface area contributed by atoms with Gasteiger partial charge in [0.2, 0.25) is 5.95 Å². The highest BCUT2D eigenvalue weighted by molar-refractivity contribution is 5.43. The maximum atomic E-state index is 5.62. The van der Waals surface area contributed by atoms with Crippen LogP contribution in [0.25, 0.3) is 0 Å². The molecule has 1 aromatic heterocycles. The molecule has 1 aromatic rings. The molecule has 2 atom stereocenters. The number of hydrogen-bond acceptors (Lipinski definition) is 5. The molecule has 1 aliphatic heterocycles. The molecule has 0 amide bonds. The van der Waals surface area contributed by atoms with Gasteiger partial charge in [-0.1, -0.05) is 0 Å². The third-order valence-corrected chi connectivity index (χ3v) is 2.88. The molecule has 1 aliphatic rings. The number of hydrogen-bond donors (Lipinski definition) is 1. The zero-order valence-electron chi connectivity index (χ0n) is 10.7. The van der Waals surface area contributed by atoms with Crippen LogP contribution in [-0.4, -0.2) is 41.8 Å². The van der Waals surface area contributed by atoms with Crippen LogP contribution in [0.15, 0.2) is 12.3 Å². The lowest BCUT2D eigenvalue weighted by Crippen LogP contribution is -2.47. The molecular formula is C12H20N4O. The molecular weight excluding hydrogens is 216 g/mol. The summed E-state index contributed by atoms with van der Waals surface area (Å²) < 4.78 is 5.62.